The van der Waals surface area contributed by atoms with E-state index in [0.29, 0.717) is 0 Å². The number of rotatable bonds is 8. The minimum atomic E-state index is -0.808. The fourth-order valence-corrected chi connectivity index (χ4v) is 6.44. The van der Waals surface area contributed by atoms with E-state index in [2.05, 4.69) is 100 Å². The highest BCUT2D eigenvalue weighted by Gasteiger charge is 2.13. The predicted octanol–water partition coefficient (Wildman–Crippen LogP) is 3.28. The van der Waals surface area contributed by atoms with Gasteiger partial charge in [-0.15, -0.1) is 0 Å². The minimum absolute atomic E-state index is 0.134. The fraction of sp³-hybridized carbons (Fsp3) is 0.250. The van der Waals surface area contributed by atoms with Gasteiger partial charge in [0, 0.05) is 0 Å². The average molecular weight is 407 g/mol. The molecule has 0 aliphatic rings. The quantitative estimate of drug-likeness (QED) is 0.535. The molecular formula is C24H30O2Si2. The summed E-state index contributed by atoms with van der Waals surface area (Å²) in [5.74, 6) is 0. The highest BCUT2D eigenvalue weighted by atomic mass is 28.2. The second kappa shape index (κ2) is 9.98. The summed E-state index contributed by atoms with van der Waals surface area (Å²) in [5.41, 5.74) is 5.16. The summed E-state index contributed by atoms with van der Waals surface area (Å²) in [6.07, 6.45) is 0.267. The Morgan fingerprint density at radius 3 is 1.32 bits per heavy atom. The summed E-state index contributed by atoms with van der Waals surface area (Å²) in [4.78, 5) is 0. The van der Waals surface area contributed by atoms with E-state index < -0.39 is 19.5 Å². The molecule has 28 heavy (non-hydrogen) atoms. The molecule has 3 aromatic rings. The van der Waals surface area contributed by atoms with Gasteiger partial charge >= 0.3 is 0 Å². The Balaban J connectivity index is 1.63. The molecule has 0 heterocycles. The largest absolute Gasteiger partial charge is 0.412 e. The Kier molecular flexibility index (Phi) is 7.39. The van der Waals surface area contributed by atoms with Crippen molar-refractivity contribution >= 4 is 29.9 Å². The van der Waals surface area contributed by atoms with Gasteiger partial charge < -0.3 is 8.85 Å². The van der Waals surface area contributed by atoms with Crippen LogP contribution in [0, 0.1) is 13.8 Å². The molecule has 0 saturated carbocycles. The van der Waals surface area contributed by atoms with Gasteiger partial charge in [-0.2, -0.15) is 0 Å². The SMILES string of the molecule is Cc1ccccc1C(C)O[SiH2]c1ccccc1[SiH2]OC(C)c1ccccc1C. The smallest absolute Gasteiger partial charge is 0.193 e. The molecule has 0 spiro atoms. The van der Waals surface area contributed by atoms with Crippen molar-refractivity contribution in [2.75, 3.05) is 0 Å². The topological polar surface area (TPSA) is 18.5 Å². The Morgan fingerprint density at radius 1 is 0.571 bits per heavy atom. The van der Waals surface area contributed by atoms with Gasteiger partial charge in [0.2, 0.25) is 0 Å². The minimum Gasteiger partial charge on any atom is -0.412 e. The molecular weight excluding hydrogens is 376 g/mol. The number of aryl methyl sites for hydroxylation is 2. The standard InChI is InChI=1S/C24H30O2Si2/c1-17-11-5-7-13-21(17)19(3)25-27-23-15-9-10-16-24(23)28-26-20(4)22-14-8-6-12-18(22)2/h5-16,19-20H,27-28H2,1-4H3. The molecule has 0 aliphatic carbocycles. The molecule has 0 radical (unpaired) electrons. The van der Waals surface area contributed by atoms with Crippen molar-refractivity contribution in [3.05, 3.63) is 95.1 Å². The van der Waals surface area contributed by atoms with Gasteiger partial charge in [0.15, 0.2) is 19.5 Å². The number of hydrogen-bond donors (Lipinski definition) is 0. The summed E-state index contributed by atoms with van der Waals surface area (Å²) >= 11 is 0. The maximum Gasteiger partial charge on any atom is 0.193 e. The van der Waals surface area contributed by atoms with E-state index >= 15 is 0 Å². The van der Waals surface area contributed by atoms with E-state index in [4.69, 9.17) is 8.85 Å². The maximum atomic E-state index is 6.35. The normalized spacial score (nSPS) is 14.1. The van der Waals surface area contributed by atoms with Crippen molar-refractivity contribution < 1.29 is 8.85 Å². The lowest BCUT2D eigenvalue weighted by molar-refractivity contribution is 0.241. The van der Waals surface area contributed by atoms with Crippen LogP contribution in [0.15, 0.2) is 72.8 Å². The maximum absolute atomic E-state index is 6.35. The van der Waals surface area contributed by atoms with Crippen molar-refractivity contribution in [2.45, 2.75) is 39.9 Å². The molecule has 2 nitrogen and oxygen atoms in total. The van der Waals surface area contributed by atoms with Crippen molar-refractivity contribution in [3.63, 3.8) is 0 Å². The van der Waals surface area contributed by atoms with Crippen LogP contribution in [0.5, 0.6) is 0 Å². The third kappa shape index (κ3) is 5.29. The molecule has 4 heteroatoms. The van der Waals surface area contributed by atoms with Crippen molar-refractivity contribution in [2.24, 2.45) is 0 Å². The average Bonchev–Trinajstić information content (AvgIpc) is 2.71. The van der Waals surface area contributed by atoms with Crippen LogP contribution in [0.25, 0.3) is 0 Å². The molecule has 0 aliphatic heterocycles. The summed E-state index contributed by atoms with van der Waals surface area (Å²) in [7, 11) is -1.62. The Labute approximate surface area is 173 Å². The zero-order chi connectivity index (χ0) is 19.9. The Bertz CT molecular complexity index is 836. The molecule has 0 saturated heterocycles. The monoisotopic (exact) mass is 406 g/mol. The van der Waals surface area contributed by atoms with Gasteiger partial charge in [-0.1, -0.05) is 72.8 Å². The first-order valence-corrected chi connectivity index (χ1v) is 12.5. The Hall–Kier alpha value is -1.99. The highest BCUT2D eigenvalue weighted by molar-refractivity contribution is 6.61. The van der Waals surface area contributed by atoms with Gasteiger partial charge in [-0.05, 0) is 60.3 Å². The third-order valence-corrected chi connectivity index (χ3v) is 9.18. The van der Waals surface area contributed by atoms with Crippen LogP contribution >= 0.6 is 0 Å². The summed E-state index contributed by atoms with van der Waals surface area (Å²) in [6.45, 7) is 8.62. The van der Waals surface area contributed by atoms with E-state index in [1.807, 2.05) is 0 Å². The van der Waals surface area contributed by atoms with Crippen LogP contribution in [0.4, 0.5) is 0 Å². The molecule has 2 atom stereocenters. The number of hydrogen-bond acceptors (Lipinski definition) is 2. The first-order valence-electron chi connectivity index (χ1n) is 9.97. The van der Waals surface area contributed by atoms with Crippen LogP contribution in [0.3, 0.4) is 0 Å². The van der Waals surface area contributed by atoms with E-state index in [0.717, 1.165) is 0 Å². The Morgan fingerprint density at radius 2 is 0.929 bits per heavy atom. The summed E-state index contributed by atoms with van der Waals surface area (Å²) in [5, 5.41) is 2.76. The van der Waals surface area contributed by atoms with E-state index in [1.54, 1.807) is 0 Å². The molecule has 2 unspecified atom stereocenters. The lowest BCUT2D eigenvalue weighted by atomic mass is 10.1. The fourth-order valence-electron chi connectivity index (χ4n) is 3.53. The first kappa shape index (κ1) is 20.7. The van der Waals surface area contributed by atoms with Gasteiger partial charge in [0.25, 0.3) is 0 Å². The van der Waals surface area contributed by atoms with Crippen LogP contribution in [-0.2, 0) is 8.85 Å². The van der Waals surface area contributed by atoms with E-state index in [1.165, 1.54) is 32.6 Å². The molecule has 3 rings (SSSR count). The van der Waals surface area contributed by atoms with Crippen LogP contribution < -0.4 is 10.4 Å². The molecule has 0 amide bonds. The van der Waals surface area contributed by atoms with Gasteiger partial charge in [-0.3, -0.25) is 0 Å². The lowest BCUT2D eigenvalue weighted by Gasteiger charge is -2.19. The van der Waals surface area contributed by atoms with E-state index in [9.17, 15) is 0 Å². The van der Waals surface area contributed by atoms with Gasteiger partial charge in [0.05, 0.1) is 12.2 Å². The molecule has 146 valence electrons. The predicted molar refractivity (Wildman–Crippen MR) is 124 cm³/mol. The van der Waals surface area contributed by atoms with Crippen molar-refractivity contribution in [3.8, 4) is 0 Å². The molecule has 0 bridgehead atoms. The zero-order valence-electron chi connectivity index (χ0n) is 17.3. The van der Waals surface area contributed by atoms with Gasteiger partial charge in [-0.25, -0.2) is 0 Å². The van der Waals surface area contributed by atoms with Crippen LogP contribution in [0.2, 0.25) is 0 Å². The van der Waals surface area contributed by atoms with Gasteiger partial charge in [0.1, 0.15) is 0 Å². The van der Waals surface area contributed by atoms with E-state index in [-0.39, 0.29) is 12.2 Å². The second-order valence-electron chi connectivity index (χ2n) is 7.39. The molecule has 0 N–H and O–H groups in total. The zero-order valence-corrected chi connectivity index (χ0v) is 20.1. The van der Waals surface area contributed by atoms with Crippen molar-refractivity contribution in [1.82, 2.24) is 0 Å². The number of benzene rings is 3. The molecule has 0 fully saturated rings. The first-order chi connectivity index (χ1) is 13.6. The second-order valence-corrected chi connectivity index (χ2v) is 10.2. The van der Waals surface area contributed by atoms with Crippen LogP contribution in [-0.4, -0.2) is 19.5 Å². The highest BCUT2D eigenvalue weighted by Crippen LogP contribution is 2.20. The van der Waals surface area contributed by atoms with Crippen molar-refractivity contribution in [1.29, 1.82) is 0 Å². The molecule has 3 aromatic carbocycles. The summed E-state index contributed by atoms with van der Waals surface area (Å²) in [6, 6.07) is 25.7. The molecule has 0 aromatic heterocycles. The lowest BCUT2D eigenvalue weighted by Crippen LogP contribution is -2.38. The van der Waals surface area contributed by atoms with Crippen LogP contribution in [0.1, 0.15) is 48.3 Å². The summed E-state index contributed by atoms with van der Waals surface area (Å²) < 4.78 is 12.7. The third-order valence-electron chi connectivity index (χ3n) is 5.35.